The molecule has 1 saturated heterocycles. The molecule has 106 valence electrons. The number of halogens is 1. The van der Waals surface area contributed by atoms with E-state index in [-0.39, 0.29) is 11.4 Å². The van der Waals surface area contributed by atoms with Gasteiger partial charge in [0.1, 0.15) is 6.61 Å². The Bertz CT molecular complexity index is 414. The minimum absolute atomic E-state index is 0.0174. The lowest BCUT2D eigenvalue weighted by atomic mass is 9.90. The number of benzene rings is 1. The first-order chi connectivity index (χ1) is 9.09. The first-order valence-electron chi connectivity index (χ1n) is 6.56. The molecule has 0 radical (unpaired) electrons. The van der Waals surface area contributed by atoms with Crippen molar-refractivity contribution in [2.24, 2.45) is 5.41 Å². The van der Waals surface area contributed by atoms with Gasteiger partial charge >= 0.3 is 5.97 Å². The van der Waals surface area contributed by atoms with Crippen molar-refractivity contribution in [3.63, 3.8) is 0 Å². The van der Waals surface area contributed by atoms with Crippen LogP contribution in [0, 0.1) is 5.41 Å². The van der Waals surface area contributed by atoms with Gasteiger partial charge in [-0.05, 0) is 11.6 Å². The van der Waals surface area contributed by atoms with Gasteiger partial charge in [0.15, 0.2) is 0 Å². The number of esters is 1. The molecule has 0 saturated carbocycles. The van der Waals surface area contributed by atoms with Gasteiger partial charge in [0.05, 0.1) is 19.6 Å². The number of hydrogen-bond acceptors (Lipinski definition) is 3. The molecule has 0 unspecified atom stereocenters. The quantitative estimate of drug-likeness (QED) is 0.792. The van der Waals surface area contributed by atoms with Crippen molar-refractivity contribution >= 4 is 21.9 Å². The van der Waals surface area contributed by atoms with E-state index in [1.807, 2.05) is 38.1 Å². The van der Waals surface area contributed by atoms with Crippen LogP contribution < -0.4 is 0 Å². The first kappa shape index (κ1) is 16.2. The van der Waals surface area contributed by atoms with Crippen molar-refractivity contribution in [2.75, 3.05) is 19.8 Å². The standard InChI is InChI=1S/C13H15BrO3.C2H6/c1-13(7-16-8-13)9-17-12(15)6-10-4-2-3-5-11(10)14;1-2/h2-5H,6-9H2,1H3;1-2H3. The van der Waals surface area contributed by atoms with Gasteiger partial charge in [-0.15, -0.1) is 0 Å². The van der Waals surface area contributed by atoms with Crippen molar-refractivity contribution in [3.8, 4) is 0 Å². The number of carbonyl (C=O) groups is 1. The molecule has 0 amide bonds. The highest BCUT2D eigenvalue weighted by molar-refractivity contribution is 9.10. The third kappa shape index (κ3) is 4.96. The second-order valence-electron chi connectivity index (χ2n) is 4.73. The summed E-state index contributed by atoms with van der Waals surface area (Å²) < 4.78 is 11.3. The molecule has 3 nitrogen and oxygen atoms in total. The molecule has 0 N–H and O–H groups in total. The molecule has 19 heavy (non-hydrogen) atoms. The third-order valence-corrected chi connectivity index (χ3v) is 3.55. The monoisotopic (exact) mass is 328 g/mol. The van der Waals surface area contributed by atoms with E-state index in [2.05, 4.69) is 22.9 Å². The van der Waals surface area contributed by atoms with Crippen molar-refractivity contribution in [2.45, 2.75) is 27.2 Å². The Morgan fingerprint density at radius 1 is 1.37 bits per heavy atom. The van der Waals surface area contributed by atoms with Crippen LogP contribution in [0.3, 0.4) is 0 Å². The average Bonchev–Trinajstić information content (AvgIpc) is 2.39. The van der Waals surface area contributed by atoms with E-state index in [1.54, 1.807) is 0 Å². The lowest BCUT2D eigenvalue weighted by Crippen LogP contribution is -2.44. The second kappa shape index (κ2) is 7.65. The first-order valence-corrected chi connectivity index (χ1v) is 7.35. The fraction of sp³-hybridized carbons (Fsp3) is 0.533. The summed E-state index contributed by atoms with van der Waals surface area (Å²) in [4.78, 5) is 11.7. The molecule has 0 spiro atoms. The Hall–Kier alpha value is -0.870. The number of hydrogen-bond donors (Lipinski definition) is 0. The molecular weight excluding hydrogens is 308 g/mol. The maximum absolute atomic E-state index is 11.7. The summed E-state index contributed by atoms with van der Waals surface area (Å²) in [6.45, 7) is 7.85. The van der Waals surface area contributed by atoms with Gasteiger partial charge in [0.25, 0.3) is 0 Å². The van der Waals surface area contributed by atoms with Crippen LogP contribution in [0.25, 0.3) is 0 Å². The Kier molecular flexibility index (Phi) is 6.52. The van der Waals surface area contributed by atoms with Gasteiger partial charge < -0.3 is 9.47 Å². The van der Waals surface area contributed by atoms with Gasteiger partial charge in [-0.25, -0.2) is 0 Å². The lowest BCUT2D eigenvalue weighted by Gasteiger charge is -2.37. The summed E-state index contributed by atoms with van der Waals surface area (Å²) in [5.41, 5.74) is 0.969. The summed E-state index contributed by atoms with van der Waals surface area (Å²) in [6, 6.07) is 7.67. The zero-order valence-corrected chi connectivity index (χ0v) is 13.3. The Labute approximate surface area is 123 Å². The summed E-state index contributed by atoms with van der Waals surface area (Å²) >= 11 is 3.41. The molecule has 2 rings (SSSR count). The lowest BCUT2D eigenvalue weighted by molar-refractivity contribution is -0.164. The molecular formula is C15H21BrO3. The van der Waals surface area contributed by atoms with Crippen LogP contribution in [0.15, 0.2) is 28.7 Å². The predicted molar refractivity (Wildman–Crippen MR) is 79.1 cm³/mol. The molecule has 0 aliphatic carbocycles. The van der Waals surface area contributed by atoms with Crippen LogP contribution in [0.1, 0.15) is 26.3 Å². The van der Waals surface area contributed by atoms with Crippen LogP contribution in [0.2, 0.25) is 0 Å². The molecule has 0 aromatic heterocycles. The number of carbonyl (C=O) groups excluding carboxylic acids is 1. The van der Waals surface area contributed by atoms with Gasteiger partial charge in [-0.3, -0.25) is 4.79 Å². The highest BCUT2D eigenvalue weighted by atomic mass is 79.9. The predicted octanol–water partition coefficient (Wildman–Crippen LogP) is 3.60. The van der Waals surface area contributed by atoms with Crippen LogP contribution in [-0.4, -0.2) is 25.8 Å². The molecule has 1 fully saturated rings. The molecule has 1 aromatic carbocycles. The van der Waals surface area contributed by atoms with E-state index >= 15 is 0 Å². The normalized spacial score (nSPS) is 15.8. The summed E-state index contributed by atoms with van der Waals surface area (Å²) in [5.74, 6) is -0.190. The maximum Gasteiger partial charge on any atom is 0.310 e. The van der Waals surface area contributed by atoms with E-state index in [9.17, 15) is 4.79 Å². The van der Waals surface area contributed by atoms with Crippen LogP contribution >= 0.6 is 15.9 Å². The summed E-state index contributed by atoms with van der Waals surface area (Å²) in [5, 5.41) is 0. The largest absolute Gasteiger partial charge is 0.465 e. The molecule has 1 aliphatic heterocycles. The molecule has 0 bridgehead atoms. The van der Waals surface area contributed by atoms with E-state index in [0.717, 1.165) is 10.0 Å². The Morgan fingerprint density at radius 2 is 2.00 bits per heavy atom. The van der Waals surface area contributed by atoms with Gasteiger partial charge in [-0.2, -0.15) is 0 Å². The molecule has 4 heteroatoms. The molecule has 1 aliphatic rings. The maximum atomic E-state index is 11.7. The minimum atomic E-state index is -0.190. The highest BCUT2D eigenvalue weighted by Gasteiger charge is 2.34. The van der Waals surface area contributed by atoms with Crippen LogP contribution in [0.5, 0.6) is 0 Å². The van der Waals surface area contributed by atoms with Gasteiger partial charge in [0.2, 0.25) is 0 Å². The fourth-order valence-electron chi connectivity index (χ4n) is 1.64. The summed E-state index contributed by atoms with van der Waals surface area (Å²) in [7, 11) is 0. The molecule has 1 aromatic rings. The minimum Gasteiger partial charge on any atom is -0.465 e. The van der Waals surface area contributed by atoms with E-state index in [0.29, 0.717) is 26.2 Å². The zero-order chi connectivity index (χ0) is 14.3. The van der Waals surface area contributed by atoms with Crippen molar-refractivity contribution in [1.82, 2.24) is 0 Å². The second-order valence-corrected chi connectivity index (χ2v) is 5.59. The fourth-order valence-corrected chi connectivity index (χ4v) is 2.06. The van der Waals surface area contributed by atoms with E-state index in [1.165, 1.54) is 0 Å². The van der Waals surface area contributed by atoms with E-state index < -0.39 is 0 Å². The van der Waals surface area contributed by atoms with Crippen LogP contribution in [-0.2, 0) is 20.7 Å². The highest BCUT2D eigenvalue weighted by Crippen LogP contribution is 2.26. The Balaban J connectivity index is 0.000000861. The zero-order valence-electron chi connectivity index (χ0n) is 11.7. The topological polar surface area (TPSA) is 35.5 Å². The number of rotatable bonds is 4. The van der Waals surface area contributed by atoms with Crippen molar-refractivity contribution < 1.29 is 14.3 Å². The summed E-state index contributed by atoms with van der Waals surface area (Å²) in [6.07, 6.45) is 0.304. The SMILES string of the molecule is CC.CC1(COC(=O)Cc2ccccc2Br)COC1. The molecule has 0 atom stereocenters. The third-order valence-electron chi connectivity index (χ3n) is 2.78. The van der Waals surface area contributed by atoms with Gasteiger partial charge in [0, 0.05) is 9.89 Å². The number of ether oxygens (including phenoxy) is 2. The molecule has 1 heterocycles. The van der Waals surface area contributed by atoms with Crippen LogP contribution in [0.4, 0.5) is 0 Å². The average molecular weight is 329 g/mol. The van der Waals surface area contributed by atoms with Crippen molar-refractivity contribution in [3.05, 3.63) is 34.3 Å². The van der Waals surface area contributed by atoms with Crippen molar-refractivity contribution in [1.29, 1.82) is 0 Å². The van der Waals surface area contributed by atoms with E-state index in [4.69, 9.17) is 9.47 Å². The smallest absolute Gasteiger partial charge is 0.310 e. The van der Waals surface area contributed by atoms with Gasteiger partial charge in [-0.1, -0.05) is 54.9 Å². The Morgan fingerprint density at radius 3 is 2.53 bits per heavy atom.